The second-order valence-electron chi connectivity index (χ2n) is 2.25. The average molecular weight is 214 g/mol. The maximum absolute atomic E-state index is 7.19. The molecule has 0 unspecified atom stereocenters. The minimum atomic E-state index is -2.21. The van der Waals surface area contributed by atoms with Crippen molar-refractivity contribution in [1.82, 2.24) is 9.78 Å². The van der Waals surface area contributed by atoms with Gasteiger partial charge in [0.2, 0.25) is 0 Å². The standard InChI is InChI=1S/C8H7BrN2/c1-11-5-6-3-2-4-7(9)8(6)10-11/h2-5H,1H3/i1D3. The summed E-state index contributed by atoms with van der Waals surface area (Å²) in [7, 11) is 0. The lowest BCUT2D eigenvalue weighted by atomic mass is 10.3. The number of rotatable bonds is 0. The van der Waals surface area contributed by atoms with Gasteiger partial charge in [-0.2, -0.15) is 5.10 Å². The first-order chi connectivity index (χ1) is 6.48. The number of benzene rings is 1. The van der Waals surface area contributed by atoms with E-state index in [0.29, 0.717) is 5.52 Å². The molecule has 3 heteroatoms. The fraction of sp³-hybridized carbons (Fsp3) is 0.125. The van der Waals surface area contributed by atoms with Crippen molar-refractivity contribution < 1.29 is 4.11 Å². The SMILES string of the molecule is [2H]C([2H])([2H])n1cc2cccc(Br)c2n1. The van der Waals surface area contributed by atoms with E-state index in [0.717, 1.165) is 14.5 Å². The molecule has 0 saturated carbocycles. The van der Waals surface area contributed by atoms with Crippen molar-refractivity contribution in [1.29, 1.82) is 0 Å². The molecular weight excluding hydrogens is 204 g/mol. The van der Waals surface area contributed by atoms with E-state index in [-0.39, 0.29) is 0 Å². The zero-order valence-corrected chi connectivity index (χ0v) is 7.17. The Morgan fingerprint density at radius 1 is 1.64 bits per heavy atom. The second-order valence-corrected chi connectivity index (χ2v) is 3.11. The Morgan fingerprint density at radius 2 is 2.55 bits per heavy atom. The minimum Gasteiger partial charge on any atom is -0.275 e. The summed E-state index contributed by atoms with van der Waals surface area (Å²) in [5, 5.41) is 4.81. The van der Waals surface area contributed by atoms with Crippen molar-refractivity contribution in [2.45, 2.75) is 0 Å². The van der Waals surface area contributed by atoms with Gasteiger partial charge >= 0.3 is 0 Å². The van der Waals surface area contributed by atoms with Crippen LogP contribution in [-0.2, 0) is 6.98 Å². The highest BCUT2D eigenvalue weighted by atomic mass is 79.9. The lowest BCUT2D eigenvalue weighted by molar-refractivity contribution is 0.779. The van der Waals surface area contributed by atoms with Crippen LogP contribution in [0.25, 0.3) is 10.9 Å². The Morgan fingerprint density at radius 3 is 3.27 bits per heavy atom. The molecule has 0 bridgehead atoms. The first-order valence-electron chi connectivity index (χ1n) is 4.63. The summed E-state index contributed by atoms with van der Waals surface area (Å²) in [6, 6.07) is 5.51. The smallest absolute Gasteiger partial charge is 0.106 e. The summed E-state index contributed by atoms with van der Waals surface area (Å²) < 4.78 is 23.4. The monoisotopic (exact) mass is 213 g/mol. The van der Waals surface area contributed by atoms with Crippen LogP contribution in [0.15, 0.2) is 28.9 Å². The van der Waals surface area contributed by atoms with Crippen molar-refractivity contribution in [2.75, 3.05) is 0 Å². The summed E-state index contributed by atoms with van der Waals surface area (Å²) in [6.45, 7) is -2.21. The summed E-state index contributed by atoms with van der Waals surface area (Å²) in [5.41, 5.74) is 0.670. The van der Waals surface area contributed by atoms with E-state index in [9.17, 15) is 0 Å². The van der Waals surface area contributed by atoms with Gasteiger partial charge in [-0.3, -0.25) is 4.68 Å². The lowest BCUT2D eigenvalue weighted by Gasteiger charge is -1.88. The van der Waals surface area contributed by atoms with Gasteiger partial charge in [0.1, 0.15) is 5.52 Å². The Hall–Kier alpha value is -0.830. The van der Waals surface area contributed by atoms with Crippen LogP contribution in [-0.4, -0.2) is 9.78 Å². The first kappa shape index (κ1) is 4.26. The van der Waals surface area contributed by atoms with Crippen LogP contribution in [0, 0.1) is 0 Å². The topological polar surface area (TPSA) is 17.8 Å². The van der Waals surface area contributed by atoms with Gasteiger partial charge in [0, 0.05) is 27.1 Å². The number of halogens is 1. The van der Waals surface area contributed by atoms with Crippen molar-refractivity contribution >= 4 is 26.8 Å². The van der Waals surface area contributed by atoms with E-state index in [1.165, 1.54) is 6.20 Å². The summed E-state index contributed by atoms with van der Waals surface area (Å²) in [6.07, 6.45) is 1.52. The first-order valence-corrected chi connectivity index (χ1v) is 3.92. The third-order valence-electron chi connectivity index (χ3n) is 1.49. The van der Waals surface area contributed by atoms with Crippen molar-refractivity contribution in [3.8, 4) is 0 Å². The highest BCUT2D eigenvalue weighted by molar-refractivity contribution is 9.10. The summed E-state index contributed by atoms with van der Waals surface area (Å²) in [5.74, 6) is 0. The molecule has 0 amide bonds. The molecule has 0 aliphatic heterocycles. The predicted molar refractivity (Wildman–Crippen MR) is 48.4 cm³/mol. The van der Waals surface area contributed by atoms with Crippen LogP contribution in [0.5, 0.6) is 0 Å². The molecule has 1 aromatic heterocycles. The van der Waals surface area contributed by atoms with E-state index >= 15 is 0 Å². The van der Waals surface area contributed by atoms with E-state index in [1.807, 2.05) is 18.2 Å². The Labute approximate surface area is 77.2 Å². The van der Waals surface area contributed by atoms with Crippen molar-refractivity contribution in [2.24, 2.45) is 6.98 Å². The fourth-order valence-electron chi connectivity index (χ4n) is 1.01. The molecular formula is C8H7BrN2. The molecule has 11 heavy (non-hydrogen) atoms. The third kappa shape index (κ3) is 1.05. The number of aromatic nitrogens is 2. The lowest BCUT2D eigenvalue weighted by Crippen LogP contribution is -1.84. The maximum Gasteiger partial charge on any atom is 0.106 e. The van der Waals surface area contributed by atoms with Crippen LogP contribution >= 0.6 is 15.9 Å². The largest absolute Gasteiger partial charge is 0.275 e. The normalized spacial score (nSPS) is 15.9. The predicted octanol–water partition coefficient (Wildman–Crippen LogP) is 2.34. The van der Waals surface area contributed by atoms with Crippen LogP contribution in [0.2, 0.25) is 0 Å². The van der Waals surface area contributed by atoms with Gasteiger partial charge in [-0.05, 0) is 22.0 Å². The summed E-state index contributed by atoms with van der Waals surface area (Å²) in [4.78, 5) is 0. The van der Waals surface area contributed by atoms with Crippen LogP contribution in [0.4, 0.5) is 0 Å². The molecule has 2 nitrogen and oxygen atoms in total. The molecule has 0 N–H and O–H groups in total. The van der Waals surface area contributed by atoms with Gasteiger partial charge in [0.25, 0.3) is 0 Å². The van der Waals surface area contributed by atoms with Gasteiger partial charge in [-0.15, -0.1) is 0 Å². The Bertz CT molecular complexity index is 475. The van der Waals surface area contributed by atoms with Crippen molar-refractivity contribution in [3.05, 3.63) is 28.9 Å². The molecule has 56 valence electrons. The molecule has 2 aromatic rings. The van der Waals surface area contributed by atoms with Crippen molar-refractivity contribution in [3.63, 3.8) is 0 Å². The fourth-order valence-corrected chi connectivity index (χ4v) is 1.47. The van der Waals surface area contributed by atoms with E-state index in [4.69, 9.17) is 4.11 Å². The van der Waals surface area contributed by atoms with Gasteiger partial charge in [-0.1, -0.05) is 12.1 Å². The number of nitrogens with zero attached hydrogens (tertiary/aromatic N) is 2. The molecule has 0 spiro atoms. The minimum absolute atomic E-state index is 0.670. The zero-order valence-electron chi connectivity index (χ0n) is 8.58. The quantitative estimate of drug-likeness (QED) is 0.658. The van der Waals surface area contributed by atoms with Gasteiger partial charge in [-0.25, -0.2) is 0 Å². The molecule has 0 radical (unpaired) electrons. The maximum atomic E-state index is 7.19. The van der Waals surface area contributed by atoms with Gasteiger partial charge in [0.05, 0.1) is 0 Å². The van der Waals surface area contributed by atoms with Gasteiger partial charge in [0.15, 0.2) is 0 Å². The molecule has 0 saturated heterocycles. The Kier molecular flexibility index (Phi) is 0.906. The number of hydrogen-bond acceptors (Lipinski definition) is 1. The number of aryl methyl sites for hydroxylation is 1. The average Bonchev–Trinajstić information content (AvgIpc) is 2.48. The molecule has 1 aromatic carbocycles. The summed E-state index contributed by atoms with van der Waals surface area (Å²) >= 11 is 3.32. The molecule has 0 atom stereocenters. The molecule has 0 aliphatic rings. The van der Waals surface area contributed by atoms with E-state index in [1.54, 1.807) is 0 Å². The van der Waals surface area contributed by atoms with E-state index in [2.05, 4.69) is 21.0 Å². The second kappa shape index (κ2) is 2.34. The number of hydrogen-bond donors (Lipinski definition) is 0. The number of fused-ring (bicyclic) bond motifs is 1. The molecule has 1 heterocycles. The Balaban J connectivity index is 2.69. The van der Waals surface area contributed by atoms with Crippen LogP contribution in [0.1, 0.15) is 4.11 Å². The third-order valence-corrected chi connectivity index (χ3v) is 2.13. The van der Waals surface area contributed by atoms with Crippen LogP contribution in [0.3, 0.4) is 0 Å². The molecule has 0 aliphatic carbocycles. The van der Waals surface area contributed by atoms with Crippen LogP contribution < -0.4 is 0 Å². The molecule has 0 fully saturated rings. The zero-order chi connectivity index (χ0) is 10.3. The van der Waals surface area contributed by atoms with E-state index < -0.39 is 6.98 Å². The highest BCUT2D eigenvalue weighted by Gasteiger charge is 1.99. The van der Waals surface area contributed by atoms with Gasteiger partial charge < -0.3 is 0 Å². The molecule has 2 rings (SSSR count). The highest BCUT2D eigenvalue weighted by Crippen LogP contribution is 2.21.